The van der Waals surface area contributed by atoms with Crippen LogP contribution in [-0.4, -0.2) is 49.1 Å². The first-order valence-electron chi connectivity index (χ1n) is 5.56. The van der Waals surface area contributed by atoms with Gasteiger partial charge in [-0.1, -0.05) is 0 Å². The average molecular weight is 233 g/mol. The molecule has 0 fully saturated rings. The van der Waals surface area contributed by atoms with Crippen molar-refractivity contribution in [1.29, 1.82) is 0 Å². The first kappa shape index (κ1) is 15.3. The van der Waals surface area contributed by atoms with Gasteiger partial charge < -0.3 is 19.9 Å². The van der Waals surface area contributed by atoms with E-state index in [0.717, 1.165) is 0 Å². The van der Waals surface area contributed by atoms with E-state index in [1.165, 1.54) is 0 Å². The molecule has 0 aliphatic heterocycles. The van der Waals surface area contributed by atoms with E-state index < -0.39 is 6.10 Å². The number of aliphatic hydroxyl groups excluding tert-OH is 1. The molecule has 0 aliphatic rings. The third kappa shape index (κ3) is 6.76. The van der Waals surface area contributed by atoms with Gasteiger partial charge in [0, 0.05) is 12.1 Å². The summed E-state index contributed by atoms with van der Waals surface area (Å²) in [6, 6.07) is 0. The van der Waals surface area contributed by atoms with Gasteiger partial charge in [-0.3, -0.25) is 0 Å². The molecule has 1 unspecified atom stereocenters. The molecule has 0 saturated heterocycles. The van der Waals surface area contributed by atoms with E-state index >= 15 is 0 Å². The lowest BCUT2D eigenvalue weighted by atomic mass is 9.99. The average Bonchev–Trinajstić information content (AvgIpc) is 2.17. The zero-order valence-corrected chi connectivity index (χ0v) is 10.6. The molecular formula is C11H23NO4. The smallest absolute Gasteiger partial charge is 0.332 e. The number of carbonyl (C=O) groups excluding carboxylic acids is 1. The summed E-state index contributed by atoms with van der Waals surface area (Å²) in [6.07, 6.45) is -0.447. The van der Waals surface area contributed by atoms with Crippen molar-refractivity contribution in [3.05, 3.63) is 0 Å². The standard InChI is InChI=1S/C11H23NO4/c1-5-16-10(14)8-15-7-6-12-11(3,4)9(2)13/h9,12-13H,5-8H2,1-4H3. The first-order valence-corrected chi connectivity index (χ1v) is 5.56. The van der Waals surface area contributed by atoms with Gasteiger partial charge in [0.25, 0.3) is 0 Å². The van der Waals surface area contributed by atoms with Crippen LogP contribution in [0.5, 0.6) is 0 Å². The van der Waals surface area contributed by atoms with Crippen molar-refractivity contribution in [3.8, 4) is 0 Å². The van der Waals surface area contributed by atoms with Gasteiger partial charge in [0.1, 0.15) is 6.61 Å². The van der Waals surface area contributed by atoms with Gasteiger partial charge in [-0.05, 0) is 27.7 Å². The third-order valence-electron chi connectivity index (χ3n) is 2.40. The number of aliphatic hydroxyl groups is 1. The minimum atomic E-state index is -0.447. The Morgan fingerprint density at radius 2 is 2.12 bits per heavy atom. The zero-order valence-electron chi connectivity index (χ0n) is 10.6. The number of esters is 1. The number of rotatable bonds is 8. The summed E-state index contributed by atoms with van der Waals surface area (Å²) < 4.78 is 9.81. The second kappa shape index (κ2) is 7.60. The molecule has 0 radical (unpaired) electrons. The number of nitrogens with one attached hydrogen (secondary N) is 1. The van der Waals surface area contributed by atoms with Crippen LogP contribution in [0.1, 0.15) is 27.7 Å². The normalized spacial score (nSPS) is 13.6. The van der Waals surface area contributed by atoms with E-state index in [4.69, 9.17) is 9.47 Å². The maximum Gasteiger partial charge on any atom is 0.332 e. The molecular weight excluding hydrogens is 210 g/mol. The summed E-state index contributed by atoms with van der Waals surface area (Å²) in [5.41, 5.74) is -0.354. The Labute approximate surface area is 97.1 Å². The largest absolute Gasteiger partial charge is 0.464 e. The van der Waals surface area contributed by atoms with Crippen molar-refractivity contribution < 1.29 is 19.4 Å². The molecule has 0 aromatic rings. The fourth-order valence-corrected chi connectivity index (χ4v) is 0.951. The lowest BCUT2D eigenvalue weighted by Crippen LogP contribution is -2.49. The number of carbonyl (C=O) groups is 1. The Morgan fingerprint density at radius 1 is 1.50 bits per heavy atom. The number of ether oxygens (including phenoxy) is 2. The quantitative estimate of drug-likeness (QED) is 0.466. The highest BCUT2D eigenvalue weighted by molar-refractivity contribution is 5.70. The van der Waals surface area contributed by atoms with Crippen molar-refractivity contribution in [1.82, 2.24) is 5.32 Å². The summed E-state index contributed by atoms with van der Waals surface area (Å²) >= 11 is 0. The maximum absolute atomic E-state index is 10.9. The van der Waals surface area contributed by atoms with Crippen molar-refractivity contribution in [2.45, 2.75) is 39.3 Å². The number of hydrogen-bond donors (Lipinski definition) is 2. The van der Waals surface area contributed by atoms with Crippen LogP contribution in [0.4, 0.5) is 0 Å². The lowest BCUT2D eigenvalue weighted by Gasteiger charge is -2.29. The Hall–Kier alpha value is -0.650. The molecule has 0 aromatic heterocycles. The molecule has 0 aromatic carbocycles. The van der Waals surface area contributed by atoms with Crippen LogP contribution in [0.3, 0.4) is 0 Å². The molecule has 2 N–H and O–H groups in total. The van der Waals surface area contributed by atoms with Crippen molar-refractivity contribution in [2.24, 2.45) is 0 Å². The molecule has 0 amide bonds. The van der Waals surface area contributed by atoms with Gasteiger partial charge in [0.15, 0.2) is 0 Å². The van der Waals surface area contributed by atoms with Gasteiger partial charge in [0.05, 0.1) is 19.3 Å². The fraction of sp³-hybridized carbons (Fsp3) is 0.909. The predicted octanol–water partition coefficient (Wildman–Crippen LogP) is 0.315. The second-order valence-corrected chi connectivity index (χ2v) is 4.18. The summed E-state index contributed by atoms with van der Waals surface area (Å²) in [5, 5.41) is 12.6. The van der Waals surface area contributed by atoms with E-state index in [0.29, 0.717) is 19.8 Å². The maximum atomic E-state index is 10.9. The van der Waals surface area contributed by atoms with Crippen molar-refractivity contribution >= 4 is 5.97 Å². The molecule has 0 heterocycles. The zero-order chi connectivity index (χ0) is 12.6. The molecule has 96 valence electrons. The Kier molecular flexibility index (Phi) is 7.29. The molecule has 0 bridgehead atoms. The molecule has 5 nitrogen and oxygen atoms in total. The van der Waals surface area contributed by atoms with Crippen LogP contribution in [0.2, 0.25) is 0 Å². The Morgan fingerprint density at radius 3 is 2.62 bits per heavy atom. The Bertz CT molecular complexity index is 204. The second-order valence-electron chi connectivity index (χ2n) is 4.18. The monoisotopic (exact) mass is 233 g/mol. The van der Waals surface area contributed by atoms with Crippen molar-refractivity contribution in [3.63, 3.8) is 0 Å². The third-order valence-corrected chi connectivity index (χ3v) is 2.40. The van der Waals surface area contributed by atoms with Gasteiger partial charge in [-0.15, -0.1) is 0 Å². The molecule has 1 atom stereocenters. The lowest BCUT2D eigenvalue weighted by molar-refractivity contribution is -0.148. The van der Waals surface area contributed by atoms with Crippen LogP contribution in [0.25, 0.3) is 0 Å². The van der Waals surface area contributed by atoms with E-state index in [9.17, 15) is 9.90 Å². The highest BCUT2D eigenvalue weighted by atomic mass is 16.6. The first-order chi connectivity index (χ1) is 7.40. The van der Waals surface area contributed by atoms with Gasteiger partial charge in [0.2, 0.25) is 0 Å². The molecule has 16 heavy (non-hydrogen) atoms. The minimum absolute atomic E-state index is 0.0232. The Balaban J connectivity index is 3.50. The molecule has 0 aliphatic carbocycles. The van der Waals surface area contributed by atoms with Gasteiger partial charge in [-0.25, -0.2) is 4.79 Å². The van der Waals surface area contributed by atoms with Crippen LogP contribution >= 0.6 is 0 Å². The molecule has 0 saturated carbocycles. The van der Waals surface area contributed by atoms with E-state index in [-0.39, 0.29) is 18.1 Å². The van der Waals surface area contributed by atoms with Gasteiger partial charge in [-0.2, -0.15) is 0 Å². The van der Waals surface area contributed by atoms with E-state index in [2.05, 4.69) is 5.32 Å². The molecule has 5 heteroatoms. The van der Waals surface area contributed by atoms with Crippen LogP contribution < -0.4 is 5.32 Å². The van der Waals surface area contributed by atoms with Crippen LogP contribution in [0, 0.1) is 0 Å². The highest BCUT2D eigenvalue weighted by Crippen LogP contribution is 2.07. The van der Waals surface area contributed by atoms with Crippen LogP contribution in [0.15, 0.2) is 0 Å². The van der Waals surface area contributed by atoms with E-state index in [1.807, 2.05) is 13.8 Å². The summed E-state index contributed by atoms with van der Waals surface area (Å²) in [5.74, 6) is -0.350. The fourth-order valence-electron chi connectivity index (χ4n) is 0.951. The van der Waals surface area contributed by atoms with Gasteiger partial charge >= 0.3 is 5.97 Å². The SMILES string of the molecule is CCOC(=O)COCCNC(C)(C)C(C)O. The van der Waals surface area contributed by atoms with Crippen LogP contribution in [-0.2, 0) is 14.3 Å². The summed E-state index contributed by atoms with van der Waals surface area (Å²) in [4.78, 5) is 10.9. The molecule has 0 spiro atoms. The molecule has 0 rings (SSSR count). The highest BCUT2D eigenvalue weighted by Gasteiger charge is 2.22. The van der Waals surface area contributed by atoms with Crippen molar-refractivity contribution in [2.75, 3.05) is 26.4 Å². The number of hydrogen-bond acceptors (Lipinski definition) is 5. The van der Waals surface area contributed by atoms with E-state index in [1.54, 1.807) is 13.8 Å². The summed E-state index contributed by atoms with van der Waals surface area (Å²) in [7, 11) is 0. The predicted molar refractivity (Wildman–Crippen MR) is 61.2 cm³/mol. The topological polar surface area (TPSA) is 67.8 Å². The summed E-state index contributed by atoms with van der Waals surface area (Å²) in [6.45, 7) is 8.63. The minimum Gasteiger partial charge on any atom is -0.464 e.